The highest BCUT2D eigenvalue weighted by Crippen LogP contribution is 2.27. The van der Waals surface area contributed by atoms with Gasteiger partial charge in [-0.1, -0.05) is 15.9 Å². The van der Waals surface area contributed by atoms with E-state index in [0.717, 1.165) is 34.9 Å². The monoisotopic (exact) mass is 410 g/mol. The Bertz CT molecular complexity index is 543. The van der Waals surface area contributed by atoms with Gasteiger partial charge in [0.1, 0.15) is 0 Å². The fourth-order valence-corrected chi connectivity index (χ4v) is 4.94. The first-order chi connectivity index (χ1) is 8.96. The van der Waals surface area contributed by atoms with Crippen molar-refractivity contribution in [3.05, 3.63) is 27.1 Å². The van der Waals surface area contributed by atoms with Crippen LogP contribution in [0.25, 0.3) is 0 Å². The van der Waals surface area contributed by atoms with Crippen LogP contribution < -0.4 is 10.0 Å². The van der Waals surface area contributed by atoms with Gasteiger partial charge < -0.3 is 5.32 Å². The lowest BCUT2D eigenvalue weighted by atomic mass is 10.0. The average Bonchev–Trinajstić information content (AvgIpc) is 2.33. The molecule has 1 unspecified atom stereocenters. The second-order valence-corrected chi connectivity index (χ2v) is 8.26. The van der Waals surface area contributed by atoms with Gasteiger partial charge in [0.25, 0.3) is 0 Å². The van der Waals surface area contributed by atoms with Gasteiger partial charge in [-0.3, -0.25) is 4.72 Å². The topological polar surface area (TPSA) is 58.2 Å². The molecule has 4 nitrogen and oxygen atoms in total. The highest BCUT2D eigenvalue weighted by atomic mass is 79.9. The SMILES string of the molecule is O=S(=O)(CC1CCCNC1)Nc1ccc(Br)cc1Br. The zero-order valence-electron chi connectivity index (χ0n) is 10.3. The summed E-state index contributed by atoms with van der Waals surface area (Å²) in [6, 6.07) is 5.37. The molecule has 0 spiro atoms. The molecule has 1 aromatic rings. The summed E-state index contributed by atoms with van der Waals surface area (Å²) in [5, 5.41) is 3.23. The number of hydrogen-bond donors (Lipinski definition) is 2. The van der Waals surface area contributed by atoms with E-state index in [1.165, 1.54) is 0 Å². The number of piperidine rings is 1. The number of rotatable bonds is 4. The van der Waals surface area contributed by atoms with Crippen LogP contribution in [-0.4, -0.2) is 27.3 Å². The van der Waals surface area contributed by atoms with Crippen LogP contribution in [0.4, 0.5) is 5.69 Å². The summed E-state index contributed by atoms with van der Waals surface area (Å²) >= 11 is 6.70. The number of anilines is 1. The van der Waals surface area contributed by atoms with Gasteiger partial charge in [0.2, 0.25) is 10.0 Å². The molecular weight excluding hydrogens is 396 g/mol. The fourth-order valence-electron chi connectivity index (χ4n) is 2.16. The van der Waals surface area contributed by atoms with Gasteiger partial charge in [0, 0.05) is 8.95 Å². The Labute approximate surface area is 130 Å². The van der Waals surface area contributed by atoms with E-state index in [9.17, 15) is 8.42 Å². The first kappa shape index (κ1) is 15.3. The normalized spacial score (nSPS) is 20.2. The Morgan fingerprint density at radius 3 is 2.79 bits per heavy atom. The minimum atomic E-state index is -3.30. The quantitative estimate of drug-likeness (QED) is 0.800. The minimum Gasteiger partial charge on any atom is -0.316 e. The van der Waals surface area contributed by atoms with Crippen LogP contribution >= 0.6 is 31.9 Å². The Morgan fingerprint density at radius 2 is 2.16 bits per heavy atom. The maximum absolute atomic E-state index is 12.1. The lowest BCUT2D eigenvalue weighted by Gasteiger charge is -2.22. The van der Waals surface area contributed by atoms with E-state index in [1.807, 2.05) is 12.1 Å². The summed E-state index contributed by atoms with van der Waals surface area (Å²) in [5.41, 5.74) is 0.576. The average molecular weight is 412 g/mol. The van der Waals surface area contributed by atoms with Crippen LogP contribution in [0, 0.1) is 5.92 Å². The molecule has 1 aliphatic heterocycles. The third-order valence-electron chi connectivity index (χ3n) is 3.05. The zero-order valence-corrected chi connectivity index (χ0v) is 14.3. The van der Waals surface area contributed by atoms with Crippen molar-refractivity contribution in [2.75, 3.05) is 23.6 Å². The number of benzene rings is 1. The van der Waals surface area contributed by atoms with Crippen molar-refractivity contribution >= 4 is 47.6 Å². The minimum absolute atomic E-state index is 0.169. The molecule has 0 bridgehead atoms. The van der Waals surface area contributed by atoms with Crippen LogP contribution in [0.2, 0.25) is 0 Å². The molecule has 1 fully saturated rings. The Kier molecular flexibility index (Phi) is 5.28. The van der Waals surface area contributed by atoms with E-state index in [-0.39, 0.29) is 11.7 Å². The second kappa shape index (κ2) is 6.56. The molecule has 0 saturated carbocycles. The standard InChI is InChI=1S/C12H16Br2N2O2S/c13-10-3-4-12(11(14)6-10)16-19(17,18)8-9-2-1-5-15-7-9/h3-4,6,9,15-16H,1-2,5,7-8H2. The molecule has 1 atom stereocenters. The largest absolute Gasteiger partial charge is 0.316 e. The van der Waals surface area contributed by atoms with Crippen molar-refractivity contribution in [3.8, 4) is 0 Å². The van der Waals surface area contributed by atoms with Crippen LogP contribution in [0.15, 0.2) is 27.1 Å². The maximum Gasteiger partial charge on any atom is 0.233 e. The molecule has 2 rings (SSSR count). The molecule has 7 heteroatoms. The summed E-state index contributed by atoms with van der Waals surface area (Å²) in [7, 11) is -3.30. The molecule has 0 aromatic heterocycles. The molecule has 1 aliphatic rings. The van der Waals surface area contributed by atoms with Crippen molar-refractivity contribution in [2.45, 2.75) is 12.8 Å². The van der Waals surface area contributed by atoms with Crippen molar-refractivity contribution in [1.29, 1.82) is 0 Å². The van der Waals surface area contributed by atoms with Crippen LogP contribution in [0.5, 0.6) is 0 Å². The predicted molar refractivity (Wildman–Crippen MR) is 84.8 cm³/mol. The van der Waals surface area contributed by atoms with Crippen molar-refractivity contribution in [2.24, 2.45) is 5.92 Å². The first-order valence-corrected chi connectivity index (χ1v) is 9.36. The Balaban J connectivity index is 2.03. The highest BCUT2D eigenvalue weighted by molar-refractivity contribution is 9.11. The second-order valence-electron chi connectivity index (χ2n) is 4.72. The van der Waals surface area contributed by atoms with Crippen molar-refractivity contribution in [1.82, 2.24) is 5.32 Å². The number of nitrogens with one attached hydrogen (secondary N) is 2. The van der Waals surface area contributed by atoms with E-state index in [1.54, 1.807) is 6.07 Å². The van der Waals surface area contributed by atoms with E-state index in [4.69, 9.17) is 0 Å². The third kappa shape index (κ3) is 4.73. The summed E-state index contributed by atoms with van der Waals surface area (Å²) in [6.45, 7) is 1.77. The van der Waals surface area contributed by atoms with Gasteiger partial charge >= 0.3 is 0 Å². The van der Waals surface area contributed by atoms with Gasteiger partial charge in [0.15, 0.2) is 0 Å². The van der Waals surface area contributed by atoms with E-state index in [2.05, 4.69) is 41.9 Å². The highest BCUT2D eigenvalue weighted by Gasteiger charge is 2.21. The summed E-state index contributed by atoms with van der Waals surface area (Å²) in [6.07, 6.45) is 2.01. The fraction of sp³-hybridized carbons (Fsp3) is 0.500. The molecule has 1 aromatic carbocycles. The van der Waals surface area contributed by atoms with Crippen molar-refractivity contribution in [3.63, 3.8) is 0 Å². The number of sulfonamides is 1. The van der Waals surface area contributed by atoms with Crippen LogP contribution in [-0.2, 0) is 10.0 Å². The Hall–Kier alpha value is -0.110. The molecule has 106 valence electrons. The first-order valence-electron chi connectivity index (χ1n) is 6.12. The van der Waals surface area contributed by atoms with Gasteiger partial charge in [-0.15, -0.1) is 0 Å². The molecule has 19 heavy (non-hydrogen) atoms. The summed E-state index contributed by atoms with van der Waals surface area (Å²) in [4.78, 5) is 0. The van der Waals surface area contributed by atoms with Crippen molar-refractivity contribution < 1.29 is 8.42 Å². The van der Waals surface area contributed by atoms with Crippen LogP contribution in [0.1, 0.15) is 12.8 Å². The summed E-state index contributed by atoms with van der Waals surface area (Å²) < 4.78 is 28.5. The Morgan fingerprint density at radius 1 is 1.37 bits per heavy atom. The van der Waals surface area contributed by atoms with E-state index < -0.39 is 10.0 Å². The number of hydrogen-bond acceptors (Lipinski definition) is 3. The molecule has 0 aliphatic carbocycles. The smallest absolute Gasteiger partial charge is 0.233 e. The lowest BCUT2D eigenvalue weighted by molar-refractivity contribution is 0.404. The zero-order chi connectivity index (χ0) is 13.9. The lowest BCUT2D eigenvalue weighted by Crippen LogP contribution is -2.35. The number of halogens is 2. The third-order valence-corrected chi connectivity index (χ3v) is 5.64. The predicted octanol–water partition coefficient (Wildman–Crippen LogP) is 2.95. The summed E-state index contributed by atoms with van der Waals surface area (Å²) in [5.74, 6) is 0.364. The molecular formula is C12H16Br2N2O2S. The van der Waals surface area contributed by atoms with Gasteiger partial charge in [-0.25, -0.2) is 8.42 Å². The van der Waals surface area contributed by atoms with Gasteiger partial charge in [0.05, 0.1) is 11.4 Å². The molecule has 1 saturated heterocycles. The van der Waals surface area contributed by atoms with Crippen LogP contribution in [0.3, 0.4) is 0 Å². The molecule has 2 N–H and O–H groups in total. The van der Waals surface area contributed by atoms with Gasteiger partial charge in [-0.05, 0) is 66.0 Å². The molecule has 0 radical (unpaired) electrons. The maximum atomic E-state index is 12.1. The van der Waals surface area contributed by atoms with E-state index >= 15 is 0 Å². The molecule has 0 amide bonds. The molecule has 1 heterocycles. The van der Waals surface area contributed by atoms with Gasteiger partial charge in [-0.2, -0.15) is 0 Å². The van der Waals surface area contributed by atoms with E-state index in [0.29, 0.717) is 5.69 Å².